The van der Waals surface area contributed by atoms with Gasteiger partial charge in [-0.15, -0.1) is 11.3 Å². The van der Waals surface area contributed by atoms with Crippen molar-refractivity contribution in [1.82, 2.24) is 15.2 Å². The van der Waals surface area contributed by atoms with Crippen molar-refractivity contribution in [3.63, 3.8) is 0 Å². The fraction of sp³-hybridized carbons (Fsp3) is 0.333. The molecular formula is C15H16BrF3N4S. The first-order chi connectivity index (χ1) is 11.3. The highest BCUT2D eigenvalue weighted by atomic mass is 79.9. The van der Waals surface area contributed by atoms with Gasteiger partial charge in [-0.3, -0.25) is 4.99 Å². The van der Waals surface area contributed by atoms with Crippen LogP contribution >= 0.6 is 27.3 Å². The summed E-state index contributed by atoms with van der Waals surface area (Å²) in [5.41, 5.74) is 0.220. The van der Waals surface area contributed by atoms with E-state index >= 15 is 0 Å². The summed E-state index contributed by atoms with van der Waals surface area (Å²) < 4.78 is 38.7. The van der Waals surface area contributed by atoms with E-state index in [1.54, 1.807) is 7.05 Å². The zero-order chi connectivity index (χ0) is 17.7. The molecule has 0 unspecified atom stereocenters. The lowest BCUT2D eigenvalue weighted by molar-refractivity contribution is -0.140. The Bertz CT molecular complexity index is 715. The minimum atomic E-state index is -4.41. The van der Waals surface area contributed by atoms with Gasteiger partial charge in [-0.1, -0.05) is 34.1 Å². The van der Waals surface area contributed by atoms with Gasteiger partial charge in [-0.2, -0.15) is 13.2 Å². The van der Waals surface area contributed by atoms with Gasteiger partial charge in [0.15, 0.2) is 11.7 Å². The Balaban J connectivity index is 1.97. The number of alkyl halides is 3. The molecule has 0 aliphatic heterocycles. The van der Waals surface area contributed by atoms with Crippen LogP contribution in [0.15, 0.2) is 39.1 Å². The third-order valence-corrected chi connectivity index (χ3v) is 4.80. The molecule has 4 nitrogen and oxygen atoms in total. The molecule has 1 heterocycles. The number of rotatable bonds is 4. The van der Waals surface area contributed by atoms with Crippen molar-refractivity contribution in [2.24, 2.45) is 4.99 Å². The molecule has 1 aromatic carbocycles. The molecule has 1 aromatic heterocycles. The molecule has 0 saturated heterocycles. The topological polar surface area (TPSA) is 40.5 Å². The summed E-state index contributed by atoms with van der Waals surface area (Å²) in [7, 11) is 3.49. The zero-order valence-corrected chi connectivity index (χ0v) is 15.5. The summed E-state index contributed by atoms with van der Waals surface area (Å²) in [6.07, 6.45) is -4.41. The first-order valence-corrected chi connectivity index (χ1v) is 8.65. The third kappa shape index (κ3) is 4.94. The average molecular weight is 421 g/mol. The Morgan fingerprint density at radius 1 is 1.38 bits per heavy atom. The van der Waals surface area contributed by atoms with Crippen LogP contribution in [0.2, 0.25) is 0 Å². The SMILES string of the molecule is CN=C(NCc1nc(C(F)(F)F)cs1)N(C)Cc1ccccc1Br. The third-order valence-electron chi connectivity index (χ3n) is 3.18. The van der Waals surface area contributed by atoms with Crippen LogP contribution in [0.3, 0.4) is 0 Å². The van der Waals surface area contributed by atoms with Crippen molar-refractivity contribution in [3.8, 4) is 0 Å². The maximum Gasteiger partial charge on any atom is 0.434 e. The van der Waals surface area contributed by atoms with Gasteiger partial charge in [0.2, 0.25) is 0 Å². The van der Waals surface area contributed by atoms with E-state index in [2.05, 4.69) is 31.2 Å². The van der Waals surface area contributed by atoms with Crippen LogP contribution in [0.5, 0.6) is 0 Å². The van der Waals surface area contributed by atoms with Gasteiger partial charge in [0.05, 0.1) is 6.54 Å². The molecule has 0 aliphatic rings. The lowest BCUT2D eigenvalue weighted by Gasteiger charge is -2.22. The van der Waals surface area contributed by atoms with Crippen molar-refractivity contribution >= 4 is 33.2 Å². The Labute approximate surface area is 150 Å². The minimum Gasteiger partial charge on any atom is -0.350 e. The molecule has 130 valence electrons. The Morgan fingerprint density at radius 2 is 2.08 bits per heavy atom. The summed E-state index contributed by atoms with van der Waals surface area (Å²) in [6, 6.07) is 7.82. The second-order valence-corrected chi connectivity index (χ2v) is 6.77. The van der Waals surface area contributed by atoms with E-state index in [9.17, 15) is 13.2 Å². The predicted molar refractivity (Wildman–Crippen MR) is 92.9 cm³/mol. The molecule has 0 saturated carbocycles. The van der Waals surface area contributed by atoms with Crippen molar-refractivity contribution < 1.29 is 13.2 Å². The number of halogens is 4. The molecular weight excluding hydrogens is 405 g/mol. The van der Waals surface area contributed by atoms with Crippen LogP contribution in [0, 0.1) is 0 Å². The minimum absolute atomic E-state index is 0.188. The van der Waals surface area contributed by atoms with Gasteiger partial charge in [-0.25, -0.2) is 4.98 Å². The Kier molecular flexibility index (Phi) is 6.22. The molecule has 2 rings (SSSR count). The summed E-state index contributed by atoms with van der Waals surface area (Å²) in [5, 5.41) is 4.41. The molecule has 0 radical (unpaired) electrons. The van der Waals surface area contributed by atoms with Crippen LogP contribution < -0.4 is 5.32 Å². The van der Waals surface area contributed by atoms with Crippen molar-refractivity contribution in [1.29, 1.82) is 0 Å². The Morgan fingerprint density at radius 3 is 2.67 bits per heavy atom. The first kappa shape index (κ1) is 18.7. The normalized spacial score (nSPS) is 12.3. The molecule has 0 bridgehead atoms. The molecule has 0 amide bonds. The van der Waals surface area contributed by atoms with Crippen molar-refractivity contribution in [2.45, 2.75) is 19.3 Å². The summed E-state index contributed by atoms with van der Waals surface area (Å²) in [5.74, 6) is 0.578. The van der Waals surface area contributed by atoms with Crippen LogP contribution in [0.25, 0.3) is 0 Å². The van der Waals surface area contributed by atoms with Gasteiger partial charge >= 0.3 is 6.18 Å². The molecule has 24 heavy (non-hydrogen) atoms. The fourth-order valence-corrected chi connectivity index (χ4v) is 3.17. The molecule has 1 N–H and O–H groups in total. The number of benzene rings is 1. The highest BCUT2D eigenvalue weighted by Gasteiger charge is 2.33. The standard InChI is InChI=1S/C15H16BrF3N4S/c1-20-14(23(2)8-10-5-3-4-6-11(10)16)21-7-13-22-12(9-24-13)15(17,18)19/h3-6,9H,7-8H2,1-2H3,(H,20,21). The highest BCUT2D eigenvalue weighted by molar-refractivity contribution is 9.10. The van der Waals surface area contributed by atoms with Gasteiger partial charge in [-0.05, 0) is 11.6 Å². The van der Waals surface area contributed by atoms with E-state index in [4.69, 9.17) is 0 Å². The average Bonchev–Trinajstić information content (AvgIpc) is 2.99. The molecule has 0 spiro atoms. The number of hydrogen-bond donors (Lipinski definition) is 1. The Hall–Kier alpha value is -1.61. The number of hydrogen-bond acceptors (Lipinski definition) is 3. The summed E-state index contributed by atoms with van der Waals surface area (Å²) in [4.78, 5) is 9.64. The van der Waals surface area contributed by atoms with E-state index in [1.165, 1.54) is 0 Å². The molecule has 2 aromatic rings. The molecule has 9 heteroatoms. The van der Waals surface area contributed by atoms with Gasteiger partial charge < -0.3 is 10.2 Å². The fourth-order valence-electron chi connectivity index (χ4n) is 2.02. The highest BCUT2D eigenvalue weighted by Crippen LogP contribution is 2.29. The summed E-state index contributed by atoms with van der Waals surface area (Å²) >= 11 is 4.46. The summed E-state index contributed by atoms with van der Waals surface area (Å²) in [6.45, 7) is 0.792. The lowest BCUT2D eigenvalue weighted by atomic mass is 10.2. The maximum absolute atomic E-state index is 12.6. The number of thiazole rings is 1. The molecule has 0 fully saturated rings. The van der Waals surface area contributed by atoms with E-state index in [0.29, 0.717) is 17.5 Å². The number of nitrogens with zero attached hydrogens (tertiary/aromatic N) is 3. The molecule has 0 atom stereocenters. The van der Waals surface area contributed by atoms with Crippen LogP contribution in [-0.2, 0) is 19.3 Å². The quantitative estimate of drug-likeness (QED) is 0.596. The van der Waals surface area contributed by atoms with Crippen LogP contribution in [0.4, 0.5) is 13.2 Å². The van der Waals surface area contributed by atoms with Gasteiger partial charge in [0, 0.05) is 30.5 Å². The monoisotopic (exact) mass is 420 g/mol. The number of nitrogens with one attached hydrogen (secondary N) is 1. The number of aromatic nitrogens is 1. The van der Waals surface area contributed by atoms with E-state index in [-0.39, 0.29) is 6.54 Å². The van der Waals surface area contributed by atoms with E-state index < -0.39 is 11.9 Å². The second kappa shape index (κ2) is 7.98. The smallest absolute Gasteiger partial charge is 0.350 e. The van der Waals surface area contributed by atoms with Crippen molar-refractivity contribution in [2.75, 3.05) is 14.1 Å². The second-order valence-electron chi connectivity index (χ2n) is 4.97. The lowest BCUT2D eigenvalue weighted by Crippen LogP contribution is -2.38. The predicted octanol–water partition coefficient (Wildman–Crippen LogP) is 4.13. The largest absolute Gasteiger partial charge is 0.434 e. The maximum atomic E-state index is 12.6. The van der Waals surface area contributed by atoms with Crippen LogP contribution in [-0.4, -0.2) is 29.9 Å². The van der Waals surface area contributed by atoms with Crippen LogP contribution in [0.1, 0.15) is 16.3 Å². The zero-order valence-electron chi connectivity index (χ0n) is 13.1. The van der Waals surface area contributed by atoms with E-state index in [1.807, 2.05) is 36.2 Å². The molecule has 0 aliphatic carbocycles. The van der Waals surface area contributed by atoms with E-state index in [0.717, 1.165) is 26.8 Å². The number of aliphatic imine (C=N–C) groups is 1. The number of guanidine groups is 1. The van der Waals surface area contributed by atoms with Crippen molar-refractivity contribution in [3.05, 3.63) is 50.4 Å². The first-order valence-electron chi connectivity index (χ1n) is 6.98. The van der Waals surface area contributed by atoms with Gasteiger partial charge in [0.1, 0.15) is 5.01 Å². The van der Waals surface area contributed by atoms with Gasteiger partial charge in [0.25, 0.3) is 0 Å².